The van der Waals surface area contributed by atoms with Crippen molar-refractivity contribution in [3.8, 4) is 22.4 Å². The number of hydrogen-bond acceptors (Lipinski definition) is 11. The first-order valence-corrected chi connectivity index (χ1v) is 30.1. The molecule has 2 saturated heterocycles. The summed E-state index contributed by atoms with van der Waals surface area (Å²) in [5, 5.41) is 18.2. The van der Waals surface area contributed by atoms with Gasteiger partial charge in [0.1, 0.15) is 10.7 Å². The molecule has 2 fully saturated rings. The minimum absolute atomic E-state index is 0.0790. The summed E-state index contributed by atoms with van der Waals surface area (Å²) in [6, 6.07) is 20.3. The number of nitrogens with one attached hydrogen (secondary N) is 2. The molecule has 1 unspecified atom stereocenters. The van der Waals surface area contributed by atoms with E-state index in [1.807, 2.05) is 53.0 Å². The van der Waals surface area contributed by atoms with Gasteiger partial charge in [-0.2, -0.15) is 23.7 Å². The molecule has 0 saturated carbocycles. The summed E-state index contributed by atoms with van der Waals surface area (Å²) in [7, 11) is -10.8. The normalized spacial score (nSPS) is 17.3. The average Bonchev–Trinajstić information content (AvgIpc) is 3.69. The van der Waals surface area contributed by atoms with Crippen LogP contribution in [-0.4, -0.2) is 130 Å². The molecule has 0 amide bonds. The number of nitrogens with zero attached hydrogens (tertiary/aromatic N) is 5. The van der Waals surface area contributed by atoms with E-state index in [0.717, 1.165) is 49.6 Å². The number of carboxylic acids is 1. The Labute approximate surface area is 441 Å². The fourth-order valence-corrected chi connectivity index (χ4v) is 13.9. The number of aromatic carboxylic acids is 1. The van der Waals surface area contributed by atoms with Crippen molar-refractivity contribution in [3.63, 3.8) is 0 Å². The first kappa shape index (κ1) is 55.0. The second-order valence-electron chi connectivity index (χ2n) is 18.1. The third-order valence-electron chi connectivity index (χ3n) is 13.5. The van der Waals surface area contributed by atoms with Crippen molar-refractivity contribution in [1.82, 2.24) is 13.8 Å². The molecule has 0 spiro atoms. The van der Waals surface area contributed by atoms with Crippen LogP contribution in [-0.2, 0) is 26.4 Å². The quantitative estimate of drug-likeness (QED) is 0.0411. The molecule has 5 aromatic rings. The zero-order valence-electron chi connectivity index (χ0n) is 41.0. The number of carbonyl (C=O) groups is 1. The number of piperazine rings is 2. The van der Waals surface area contributed by atoms with Crippen LogP contribution in [0.2, 0.25) is 5.02 Å². The summed E-state index contributed by atoms with van der Waals surface area (Å²) in [6.07, 6.45) is 8.85. The molecule has 2 atom stereocenters. The SMILES string of the molecule is CCn1c(C)c(C(=O)O)c(-c2cc(F)cc(N3CCN(c4ccc(NS(=O)(=O)c5ccc(N[C@H](CCN6CCN(SC)CC6)CCS6=CC=CC=C6)c(S(=O)(=O)C(F)(F)F)c5)cc4)CC3)c2)c1-c1ccc(Cl)cc1. The van der Waals surface area contributed by atoms with Gasteiger partial charge >= 0.3 is 11.5 Å². The Bertz CT molecular complexity index is 3170. The molecule has 3 N–H and O–H groups in total. The van der Waals surface area contributed by atoms with Gasteiger partial charge in [-0.05, 0) is 133 Å². The molecule has 3 aliphatic heterocycles. The standard InChI is InChI=1S/C52H58ClF4N7O6S4/c1-4-64-36(2)48(51(65)66)49(50(64)37-8-10-39(53)11-9-37)38-32-40(54)34-44(33-38)62-25-23-61(24-26-62)43-14-12-42(13-15-43)59-74(69,70)45-16-17-46(47(35-45)73(67,68)52(55,56)57)58-41(19-31-72-29-6-5-7-30-72)18-20-60-21-27-63(71-3)28-22-60/h5-17,29-30,32-35,41,58-59H,4,18-28,31H2,1-3H3,(H,65,66)/t41-/m1/s1. The number of carboxylic acid groups (broad SMARTS) is 1. The van der Waals surface area contributed by atoms with Crippen LogP contribution in [0.5, 0.6) is 0 Å². The van der Waals surface area contributed by atoms with Crippen LogP contribution in [0, 0.1) is 12.7 Å². The Kier molecular flexibility index (Phi) is 17.3. The van der Waals surface area contributed by atoms with Gasteiger partial charge in [0.05, 0.1) is 21.8 Å². The van der Waals surface area contributed by atoms with Crippen LogP contribution in [0.4, 0.5) is 40.3 Å². The van der Waals surface area contributed by atoms with E-state index in [-0.39, 0.29) is 27.4 Å². The van der Waals surface area contributed by atoms with Gasteiger partial charge in [0.25, 0.3) is 19.9 Å². The molecule has 8 rings (SSSR count). The molecule has 0 bridgehead atoms. The Morgan fingerprint density at radius 2 is 1.50 bits per heavy atom. The third-order valence-corrected chi connectivity index (χ3v) is 19.3. The highest BCUT2D eigenvalue weighted by Gasteiger charge is 2.48. The number of halogens is 5. The van der Waals surface area contributed by atoms with Crippen molar-refractivity contribution >= 4 is 88.0 Å². The van der Waals surface area contributed by atoms with Crippen molar-refractivity contribution in [1.29, 1.82) is 0 Å². The lowest BCUT2D eigenvalue weighted by atomic mass is 9.96. The van der Waals surface area contributed by atoms with Gasteiger partial charge in [0.15, 0.2) is 0 Å². The summed E-state index contributed by atoms with van der Waals surface area (Å²) in [5.41, 5.74) is -1.85. The lowest BCUT2D eigenvalue weighted by Gasteiger charge is -2.37. The van der Waals surface area contributed by atoms with Crippen LogP contribution in [0.25, 0.3) is 22.4 Å². The predicted molar refractivity (Wildman–Crippen MR) is 294 cm³/mol. The number of rotatable bonds is 19. The van der Waals surface area contributed by atoms with Gasteiger partial charge in [0, 0.05) is 105 Å². The summed E-state index contributed by atoms with van der Waals surface area (Å²) >= 11 is 7.87. The Morgan fingerprint density at radius 1 is 0.824 bits per heavy atom. The number of sulfonamides is 1. The molecular weight excluding hydrogens is 1060 g/mol. The highest BCUT2D eigenvalue weighted by atomic mass is 35.5. The summed E-state index contributed by atoms with van der Waals surface area (Å²) in [6.45, 7) is 10.0. The van der Waals surface area contributed by atoms with E-state index in [4.69, 9.17) is 11.6 Å². The van der Waals surface area contributed by atoms with Gasteiger partial charge in [0.2, 0.25) is 0 Å². The van der Waals surface area contributed by atoms with Crippen molar-refractivity contribution in [2.24, 2.45) is 0 Å². The smallest absolute Gasteiger partial charge is 0.478 e. The van der Waals surface area contributed by atoms with Crippen LogP contribution in [0.1, 0.15) is 35.8 Å². The molecule has 396 valence electrons. The minimum Gasteiger partial charge on any atom is -0.478 e. The van der Waals surface area contributed by atoms with E-state index in [1.54, 1.807) is 49.2 Å². The largest absolute Gasteiger partial charge is 0.501 e. The lowest BCUT2D eigenvalue weighted by Crippen LogP contribution is -2.46. The zero-order valence-corrected chi connectivity index (χ0v) is 45.0. The van der Waals surface area contributed by atoms with Crippen LogP contribution < -0.4 is 19.8 Å². The fraction of sp³-hybridized carbons (Fsp3) is 0.346. The lowest BCUT2D eigenvalue weighted by molar-refractivity contribution is -0.0436. The second kappa shape index (κ2) is 23.3. The molecule has 3 aliphatic rings. The van der Waals surface area contributed by atoms with Crippen LogP contribution in [0.3, 0.4) is 0 Å². The number of anilines is 4. The van der Waals surface area contributed by atoms with E-state index in [1.165, 1.54) is 24.3 Å². The molecule has 22 heteroatoms. The number of sulfone groups is 1. The summed E-state index contributed by atoms with van der Waals surface area (Å²) in [5.74, 6) is -0.982. The molecule has 0 radical (unpaired) electrons. The maximum Gasteiger partial charge on any atom is 0.501 e. The molecule has 13 nitrogen and oxygen atoms in total. The molecule has 4 aromatic carbocycles. The third kappa shape index (κ3) is 12.5. The number of allylic oxidation sites excluding steroid dienone is 3. The number of hydrogen-bond donors (Lipinski definition) is 3. The van der Waals surface area contributed by atoms with Gasteiger partial charge in [-0.3, -0.25) is 4.72 Å². The number of alkyl halides is 3. The molecule has 4 heterocycles. The highest BCUT2D eigenvalue weighted by Crippen LogP contribution is 2.42. The Morgan fingerprint density at radius 3 is 2.11 bits per heavy atom. The number of aromatic nitrogens is 1. The predicted octanol–water partition coefficient (Wildman–Crippen LogP) is 10.7. The maximum absolute atomic E-state index is 15.6. The molecular formula is C52H58ClF4N7O6S4. The number of benzene rings is 4. The molecule has 0 aliphatic carbocycles. The first-order valence-electron chi connectivity index (χ1n) is 24.0. The molecule has 1 aromatic heterocycles. The monoisotopic (exact) mass is 1120 g/mol. The van der Waals surface area contributed by atoms with E-state index in [9.17, 15) is 39.9 Å². The van der Waals surface area contributed by atoms with Crippen molar-refractivity contribution in [3.05, 3.63) is 131 Å². The fourth-order valence-electron chi connectivity index (χ4n) is 9.60. The summed E-state index contributed by atoms with van der Waals surface area (Å²) in [4.78, 5) is 17.3. The Balaban J connectivity index is 0.971. The van der Waals surface area contributed by atoms with E-state index in [0.29, 0.717) is 97.2 Å². The van der Waals surface area contributed by atoms with Crippen molar-refractivity contribution in [2.75, 3.05) is 90.8 Å². The van der Waals surface area contributed by atoms with E-state index >= 15 is 4.39 Å². The van der Waals surface area contributed by atoms with Gasteiger partial charge < -0.3 is 29.7 Å². The summed E-state index contributed by atoms with van der Waals surface area (Å²) < 4.78 is 119. The van der Waals surface area contributed by atoms with Gasteiger partial charge in [-0.25, -0.2) is 30.3 Å². The molecule has 74 heavy (non-hydrogen) atoms. The van der Waals surface area contributed by atoms with Crippen molar-refractivity contribution < 1.29 is 44.3 Å². The van der Waals surface area contributed by atoms with E-state index in [2.05, 4.69) is 34.9 Å². The van der Waals surface area contributed by atoms with Crippen LogP contribution in [0.15, 0.2) is 118 Å². The second-order valence-corrected chi connectivity index (χ2v) is 24.9. The topological polar surface area (TPSA) is 148 Å². The van der Waals surface area contributed by atoms with Gasteiger partial charge in [-0.15, -0.1) is 0 Å². The Hall–Kier alpha value is -5.29. The average molecular weight is 1120 g/mol. The van der Waals surface area contributed by atoms with Crippen LogP contribution >= 0.6 is 34.0 Å². The highest BCUT2D eigenvalue weighted by molar-refractivity contribution is 8.17. The van der Waals surface area contributed by atoms with E-state index < -0.39 is 53.0 Å². The first-order chi connectivity index (χ1) is 35.3. The maximum atomic E-state index is 15.6. The van der Waals surface area contributed by atoms with Gasteiger partial charge in [-0.1, -0.05) is 53.9 Å². The zero-order chi connectivity index (χ0) is 53.0. The minimum atomic E-state index is -6.02. The van der Waals surface area contributed by atoms with Crippen molar-refractivity contribution in [2.45, 2.75) is 54.6 Å².